The fourth-order valence-electron chi connectivity index (χ4n) is 1.96. The summed E-state index contributed by atoms with van der Waals surface area (Å²) in [7, 11) is 1.67. The molecule has 0 saturated heterocycles. The van der Waals surface area contributed by atoms with Crippen LogP contribution in [0.2, 0.25) is 0 Å². The Morgan fingerprint density at radius 2 is 1.60 bits per heavy atom. The van der Waals surface area contributed by atoms with Crippen LogP contribution in [-0.2, 0) is 19.6 Å². The van der Waals surface area contributed by atoms with Gasteiger partial charge in [0.2, 0.25) is 0 Å². The molecular weight excluding hydrogens is 316 g/mol. The average molecular weight is 335 g/mol. The molecule has 0 bridgehead atoms. The molecule has 0 fully saturated rings. The molecule has 2 aromatic rings. The van der Waals surface area contributed by atoms with Crippen LogP contribution in [0.25, 0.3) is 0 Å². The molecule has 0 aliphatic heterocycles. The molecule has 4 heteroatoms. The van der Waals surface area contributed by atoms with Crippen LogP contribution >= 0.6 is 15.9 Å². The predicted octanol–water partition coefficient (Wildman–Crippen LogP) is 3.21. The van der Waals surface area contributed by atoms with Crippen molar-refractivity contribution in [3.63, 3.8) is 0 Å². The molecule has 2 rings (SSSR count). The molecule has 0 aliphatic rings. The van der Waals surface area contributed by atoms with Crippen LogP contribution < -0.4 is 15.8 Å². The number of ether oxygens (including phenoxy) is 1. The van der Waals surface area contributed by atoms with Crippen molar-refractivity contribution >= 4 is 15.9 Å². The van der Waals surface area contributed by atoms with E-state index in [1.165, 1.54) is 11.1 Å². The predicted molar refractivity (Wildman–Crippen MR) is 85.6 cm³/mol. The van der Waals surface area contributed by atoms with Gasteiger partial charge in [0.1, 0.15) is 5.75 Å². The van der Waals surface area contributed by atoms with Gasteiger partial charge in [-0.15, -0.1) is 0 Å². The smallest absolute Gasteiger partial charge is 0.133 e. The molecule has 0 spiro atoms. The largest absolute Gasteiger partial charge is 0.496 e. The number of rotatable bonds is 6. The van der Waals surface area contributed by atoms with E-state index in [1.807, 2.05) is 6.07 Å². The summed E-state index contributed by atoms with van der Waals surface area (Å²) in [5.41, 5.74) is 9.22. The summed E-state index contributed by atoms with van der Waals surface area (Å²) < 4.78 is 6.20. The van der Waals surface area contributed by atoms with Crippen molar-refractivity contribution in [2.45, 2.75) is 19.6 Å². The third-order valence-corrected chi connectivity index (χ3v) is 3.75. The minimum atomic E-state index is 0.591. The number of benzene rings is 2. The molecule has 0 unspecified atom stereocenters. The van der Waals surface area contributed by atoms with E-state index in [4.69, 9.17) is 10.5 Å². The topological polar surface area (TPSA) is 47.3 Å². The first-order chi connectivity index (χ1) is 9.72. The van der Waals surface area contributed by atoms with E-state index < -0.39 is 0 Å². The van der Waals surface area contributed by atoms with Crippen molar-refractivity contribution in [1.82, 2.24) is 5.32 Å². The van der Waals surface area contributed by atoms with Crippen molar-refractivity contribution in [2.75, 3.05) is 7.11 Å². The maximum Gasteiger partial charge on any atom is 0.133 e. The minimum Gasteiger partial charge on any atom is -0.496 e. The first-order valence-corrected chi connectivity index (χ1v) is 7.33. The van der Waals surface area contributed by atoms with Crippen LogP contribution in [0.1, 0.15) is 16.7 Å². The molecule has 106 valence electrons. The van der Waals surface area contributed by atoms with Crippen molar-refractivity contribution in [2.24, 2.45) is 5.73 Å². The second-order valence-electron chi connectivity index (χ2n) is 4.59. The van der Waals surface area contributed by atoms with Crippen LogP contribution in [0.4, 0.5) is 0 Å². The molecule has 0 saturated carbocycles. The van der Waals surface area contributed by atoms with Crippen LogP contribution in [-0.4, -0.2) is 7.11 Å². The van der Waals surface area contributed by atoms with Crippen LogP contribution in [0, 0.1) is 0 Å². The number of methoxy groups -OCH3 is 1. The Hall–Kier alpha value is -1.36. The molecule has 0 radical (unpaired) electrons. The summed E-state index contributed by atoms with van der Waals surface area (Å²) in [6.07, 6.45) is 0. The summed E-state index contributed by atoms with van der Waals surface area (Å²) in [6.45, 7) is 2.25. The van der Waals surface area contributed by atoms with E-state index in [2.05, 4.69) is 57.6 Å². The minimum absolute atomic E-state index is 0.591. The number of hydrogen-bond acceptors (Lipinski definition) is 3. The van der Waals surface area contributed by atoms with Gasteiger partial charge in [0.15, 0.2) is 0 Å². The molecular formula is C16H19BrN2O. The van der Waals surface area contributed by atoms with Gasteiger partial charge in [-0.1, -0.05) is 30.3 Å². The molecule has 0 aliphatic carbocycles. The Balaban J connectivity index is 1.87. The van der Waals surface area contributed by atoms with Gasteiger partial charge in [-0.25, -0.2) is 0 Å². The first-order valence-electron chi connectivity index (χ1n) is 6.54. The van der Waals surface area contributed by atoms with Gasteiger partial charge in [0, 0.05) is 19.6 Å². The van der Waals surface area contributed by atoms with Gasteiger partial charge in [-0.2, -0.15) is 0 Å². The highest BCUT2D eigenvalue weighted by Gasteiger charge is 2.01. The molecule has 3 nitrogen and oxygen atoms in total. The molecule has 0 amide bonds. The highest BCUT2D eigenvalue weighted by molar-refractivity contribution is 9.10. The van der Waals surface area contributed by atoms with Gasteiger partial charge < -0.3 is 15.8 Å². The summed E-state index contributed by atoms with van der Waals surface area (Å²) in [5.74, 6) is 0.853. The van der Waals surface area contributed by atoms with Gasteiger partial charge in [-0.05, 0) is 44.8 Å². The molecule has 0 heterocycles. The van der Waals surface area contributed by atoms with Crippen LogP contribution in [0.3, 0.4) is 0 Å². The summed E-state index contributed by atoms with van der Waals surface area (Å²) >= 11 is 3.50. The zero-order chi connectivity index (χ0) is 14.4. The Morgan fingerprint density at radius 3 is 2.20 bits per heavy atom. The Labute approximate surface area is 128 Å². The fourth-order valence-corrected chi connectivity index (χ4v) is 2.55. The van der Waals surface area contributed by atoms with Crippen molar-refractivity contribution in [1.29, 1.82) is 0 Å². The quantitative estimate of drug-likeness (QED) is 0.852. The van der Waals surface area contributed by atoms with E-state index in [1.54, 1.807) is 7.11 Å². The van der Waals surface area contributed by atoms with E-state index in [-0.39, 0.29) is 0 Å². The highest BCUT2D eigenvalue weighted by Crippen LogP contribution is 2.25. The van der Waals surface area contributed by atoms with E-state index in [0.717, 1.165) is 28.9 Å². The number of nitrogens with two attached hydrogens (primary N) is 1. The Kier molecular flexibility index (Phi) is 5.59. The number of halogens is 1. The van der Waals surface area contributed by atoms with E-state index >= 15 is 0 Å². The lowest BCUT2D eigenvalue weighted by molar-refractivity contribution is 0.412. The maximum atomic E-state index is 5.58. The standard InChI is InChI=1S/C16H19BrN2O/c1-20-16-7-6-14(8-15(16)17)11-19-10-13-4-2-12(9-18)3-5-13/h2-8,19H,9-11,18H2,1H3. The summed E-state index contributed by atoms with van der Waals surface area (Å²) in [6, 6.07) is 14.5. The second kappa shape index (κ2) is 7.43. The highest BCUT2D eigenvalue weighted by atomic mass is 79.9. The molecule has 20 heavy (non-hydrogen) atoms. The zero-order valence-electron chi connectivity index (χ0n) is 11.5. The molecule has 0 aromatic heterocycles. The molecule has 0 atom stereocenters. The normalized spacial score (nSPS) is 10.6. The fraction of sp³-hybridized carbons (Fsp3) is 0.250. The molecule has 3 N–H and O–H groups in total. The SMILES string of the molecule is COc1ccc(CNCc2ccc(CN)cc2)cc1Br. The monoisotopic (exact) mass is 334 g/mol. The summed E-state index contributed by atoms with van der Waals surface area (Å²) in [4.78, 5) is 0. The van der Waals surface area contributed by atoms with Crippen LogP contribution in [0.15, 0.2) is 46.9 Å². The average Bonchev–Trinajstić information content (AvgIpc) is 2.48. The number of hydrogen-bond donors (Lipinski definition) is 2. The Bertz CT molecular complexity index is 555. The lowest BCUT2D eigenvalue weighted by atomic mass is 10.1. The molecule has 2 aromatic carbocycles. The zero-order valence-corrected chi connectivity index (χ0v) is 13.1. The second-order valence-corrected chi connectivity index (χ2v) is 5.45. The van der Waals surface area contributed by atoms with E-state index in [9.17, 15) is 0 Å². The lowest BCUT2D eigenvalue weighted by Gasteiger charge is -2.08. The summed E-state index contributed by atoms with van der Waals surface area (Å²) in [5, 5.41) is 3.43. The van der Waals surface area contributed by atoms with Gasteiger partial charge >= 0.3 is 0 Å². The maximum absolute atomic E-state index is 5.58. The Morgan fingerprint density at radius 1 is 1.00 bits per heavy atom. The van der Waals surface area contributed by atoms with Crippen molar-refractivity contribution in [3.8, 4) is 5.75 Å². The van der Waals surface area contributed by atoms with E-state index in [0.29, 0.717) is 6.54 Å². The number of nitrogens with one attached hydrogen (secondary N) is 1. The van der Waals surface area contributed by atoms with Crippen molar-refractivity contribution in [3.05, 3.63) is 63.6 Å². The van der Waals surface area contributed by atoms with Gasteiger partial charge in [0.25, 0.3) is 0 Å². The third kappa shape index (κ3) is 4.07. The first kappa shape index (κ1) is 15.0. The van der Waals surface area contributed by atoms with Crippen LogP contribution in [0.5, 0.6) is 5.75 Å². The van der Waals surface area contributed by atoms with Crippen molar-refractivity contribution < 1.29 is 4.74 Å². The third-order valence-electron chi connectivity index (χ3n) is 3.13. The van der Waals surface area contributed by atoms with Gasteiger partial charge in [0.05, 0.1) is 11.6 Å². The lowest BCUT2D eigenvalue weighted by Crippen LogP contribution is -2.12. The van der Waals surface area contributed by atoms with Gasteiger partial charge in [-0.3, -0.25) is 0 Å².